The topological polar surface area (TPSA) is 41.8 Å². The number of rotatable bonds is 3. The molecule has 0 unspecified atom stereocenters. The van der Waals surface area contributed by atoms with Gasteiger partial charge in [0.2, 0.25) is 0 Å². The number of fused-ring (bicyclic) bond motifs is 1. The molecule has 0 radical (unpaired) electrons. The maximum Gasteiger partial charge on any atom is 0.0459 e. The van der Waals surface area contributed by atoms with Crippen molar-refractivity contribution in [1.82, 2.24) is 4.98 Å². The van der Waals surface area contributed by atoms with Crippen LogP contribution in [0.15, 0.2) is 24.4 Å². The van der Waals surface area contributed by atoms with Gasteiger partial charge in [0, 0.05) is 17.1 Å². The van der Waals surface area contributed by atoms with Gasteiger partial charge in [0.1, 0.15) is 0 Å². The van der Waals surface area contributed by atoms with Crippen molar-refractivity contribution in [2.45, 2.75) is 19.8 Å². The first-order valence-electron chi connectivity index (χ1n) is 5.14. The molecular weight excluding hydrogens is 172 g/mol. The molecule has 1 heterocycles. The van der Waals surface area contributed by atoms with Crippen molar-refractivity contribution in [3.63, 3.8) is 0 Å². The van der Waals surface area contributed by atoms with Crippen LogP contribution in [0.5, 0.6) is 0 Å². The number of hydrogen-bond acceptors (Lipinski definition) is 1. The summed E-state index contributed by atoms with van der Waals surface area (Å²) in [5.41, 5.74) is 9.48. The summed E-state index contributed by atoms with van der Waals surface area (Å²) in [5.74, 6) is 0. The standard InChI is InChI=1S/C12H16N2/c1-2-9-3-4-11-10(5-6-13)8-14-12(11)7-9/h3-4,7-8,14H,2,5-6,13H2,1H3. The van der Waals surface area contributed by atoms with Crippen LogP contribution in [0.4, 0.5) is 0 Å². The van der Waals surface area contributed by atoms with E-state index >= 15 is 0 Å². The van der Waals surface area contributed by atoms with E-state index in [1.807, 2.05) is 0 Å². The van der Waals surface area contributed by atoms with Crippen molar-refractivity contribution < 1.29 is 0 Å². The van der Waals surface area contributed by atoms with Gasteiger partial charge in [-0.25, -0.2) is 0 Å². The molecule has 0 aliphatic carbocycles. The van der Waals surface area contributed by atoms with Crippen LogP contribution < -0.4 is 5.73 Å². The number of aromatic nitrogens is 1. The molecule has 1 aromatic carbocycles. The Morgan fingerprint density at radius 2 is 2.21 bits per heavy atom. The first kappa shape index (κ1) is 9.28. The van der Waals surface area contributed by atoms with Crippen LogP contribution in [0.2, 0.25) is 0 Å². The van der Waals surface area contributed by atoms with Crippen LogP contribution >= 0.6 is 0 Å². The van der Waals surface area contributed by atoms with Gasteiger partial charge in [-0.05, 0) is 36.6 Å². The predicted octanol–water partition coefficient (Wildman–Crippen LogP) is 2.23. The zero-order valence-electron chi connectivity index (χ0n) is 8.51. The predicted molar refractivity (Wildman–Crippen MR) is 60.4 cm³/mol. The third-order valence-electron chi connectivity index (χ3n) is 2.65. The molecule has 0 aliphatic heterocycles. The lowest BCUT2D eigenvalue weighted by Crippen LogP contribution is -2.01. The zero-order chi connectivity index (χ0) is 9.97. The minimum absolute atomic E-state index is 0.711. The van der Waals surface area contributed by atoms with Gasteiger partial charge in [0.25, 0.3) is 0 Å². The number of aromatic amines is 1. The van der Waals surface area contributed by atoms with Gasteiger partial charge in [-0.15, -0.1) is 0 Å². The molecule has 74 valence electrons. The lowest BCUT2D eigenvalue weighted by atomic mass is 10.1. The van der Waals surface area contributed by atoms with Crippen molar-refractivity contribution in [2.75, 3.05) is 6.54 Å². The van der Waals surface area contributed by atoms with Crippen LogP contribution in [0.25, 0.3) is 10.9 Å². The molecule has 2 heteroatoms. The van der Waals surface area contributed by atoms with Crippen molar-refractivity contribution in [1.29, 1.82) is 0 Å². The summed E-state index contributed by atoms with van der Waals surface area (Å²) >= 11 is 0. The molecule has 1 aromatic heterocycles. The van der Waals surface area contributed by atoms with Crippen molar-refractivity contribution in [3.05, 3.63) is 35.5 Å². The maximum atomic E-state index is 5.55. The van der Waals surface area contributed by atoms with E-state index in [1.54, 1.807) is 0 Å². The van der Waals surface area contributed by atoms with Crippen LogP contribution in [0, 0.1) is 0 Å². The number of hydrogen-bond donors (Lipinski definition) is 2. The second-order valence-corrected chi connectivity index (χ2v) is 3.59. The fraction of sp³-hybridized carbons (Fsp3) is 0.333. The van der Waals surface area contributed by atoms with E-state index < -0.39 is 0 Å². The normalized spacial score (nSPS) is 11.0. The number of aryl methyl sites for hydroxylation is 1. The van der Waals surface area contributed by atoms with Gasteiger partial charge in [-0.3, -0.25) is 0 Å². The first-order chi connectivity index (χ1) is 6.85. The Kier molecular flexibility index (Phi) is 2.55. The van der Waals surface area contributed by atoms with Gasteiger partial charge < -0.3 is 10.7 Å². The summed E-state index contributed by atoms with van der Waals surface area (Å²) in [6.07, 6.45) is 4.10. The highest BCUT2D eigenvalue weighted by Crippen LogP contribution is 2.20. The lowest BCUT2D eigenvalue weighted by molar-refractivity contribution is 0.976. The van der Waals surface area contributed by atoms with E-state index in [0.717, 1.165) is 12.8 Å². The van der Waals surface area contributed by atoms with Crippen molar-refractivity contribution in [2.24, 2.45) is 5.73 Å². The highest BCUT2D eigenvalue weighted by atomic mass is 14.7. The van der Waals surface area contributed by atoms with Crippen LogP contribution in [-0.4, -0.2) is 11.5 Å². The van der Waals surface area contributed by atoms with Gasteiger partial charge in [0.05, 0.1) is 0 Å². The van der Waals surface area contributed by atoms with E-state index in [0.29, 0.717) is 6.54 Å². The first-order valence-corrected chi connectivity index (χ1v) is 5.14. The summed E-state index contributed by atoms with van der Waals surface area (Å²) in [4.78, 5) is 3.29. The molecule has 0 saturated carbocycles. The highest BCUT2D eigenvalue weighted by Gasteiger charge is 2.02. The third-order valence-corrected chi connectivity index (χ3v) is 2.65. The fourth-order valence-corrected chi connectivity index (χ4v) is 1.82. The van der Waals surface area contributed by atoms with Crippen LogP contribution in [0.1, 0.15) is 18.1 Å². The molecule has 0 fully saturated rings. The average molecular weight is 188 g/mol. The van der Waals surface area contributed by atoms with E-state index in [9.17, 15) is 0 Å². The minimum atomic E-state index is 0.711. The molecule has 2 rings (SSSR count). The van der Waals surface area contributed by atoms with Gasteiger partial charge >= 0.3 is 0 Å². The monoisotopic (exact) mass is 188 g/mol. The lowest BCUT2D eigenvalue weighted by Gasteiger charge is -1.98. The summed E-state index contributed by atoms with van der Waals surface area (Å²) in [6, 6.07) is 6.60. The molecular formula is C12H16N2. The minimum Gasteiger partial charge on any atom is -0.361 e. The molecule has 0 atom stereocenters. The molecule has 0 spiro atoms. The molecule has 2 aromatic rings. The number of H-pyrrole nitrogens is 1. The van der Waals surface area contributed by atoms with Gasteiger partial charge in [-0.1, -0.05) is 19.1 Å². The Labute approximate surface area is 84.1 Å². The molecule has 0 bridgehead atoms. The number of benzene rings is 1. The van der Waals surface area contributed by atoms with Crippen molar-refractivity contribution in [3.8, 4) is 0 Å². The zero-order valence-corrected chi connectivity index (χ0v) is 8.51. The summed E-state index contributed by atoms with van der Waals surface area (Å²) in [5, 5.41) is 1.31. The molecule has 0 aliphatic rings. The highest BCUT2D eigenvalue weighted by molar-refractivity contribution is 5.83. The quantitative estimate of drug-likeness (QED) is 0.762. The second-order valence-electron chi connectivity index (χ2n) is 3.59. The average Bonchev–Trinajstić information content (AvgIpc) is 2.61. The molecule has 0 saturated heterocycles. The van der Waals surface area contributed by atoms with E-state index in [1.165, 1.54) is 22.0 Å². The number of nitrogens with one attached hydrogen (secondary N) is 1. The summed E-state index contributed by atoms with van der Waals surface area (Å²) < 4.78 is 0. The smallest absolute Gasteiger partial charge is 0.0459 e. The molecule has 2 nitrogen and oxygen atoms in total. The van der Waals surface area contributed by atoms with Gasteiger partial charge in [-0.2, -0.15) is 0 Å². The molecule has 3 N–H and O–H groups in total. The maximum absolute atomic E-state index is 5.55. The van der Waals surface area contributed by atoms with Crippen LogP contribution in [0.3, 0.4) is 0 Å². The Balaban J connectivity index is 2.48. The third kappa shape index (κ3) is 1.53. The van der Waals surface area contributed by atoms with Crippen LogP contribution in [-0.2, 0) is 12.8 Å². The molecule has 14 heavy (non-hydrogen) atoms. The molecule has 0 amide bonds. The Hall–Kier alpha value is -1.28. The SMILES string of the molecule is CCc1ccc2c(CCN)c[nH]c2c1. The van der Waals surface area contributed by atoms with E-state index in [4.69, 9.17) is 5.73 Å². The largest absolute Gasteiger partial charge is 0.361 e. The fourth-order valence-electron chi connectivity index (χ4n) is 1.82. The van der Waals surface area contributed by atoms with Crippen molar-refractivity contribution >= 4 is 10.9 Å². The second kappa shape index (κ2) is 3.84. The van der Waals surface area contributed by atoms with E-state index in [2.05, 4.69) is 36.3 Å². The summed E-state index contributed by atoms with van der Waals surface area (Å²) in [6.45, 7) is 2.88. The number of nitrogens with two attached hydrogens (primary N) is 1. The Morgan fingerprint density at radius 3 is 2.93 bits per heavy atom. The van der Waals surface area contributed by atoms with Gasteiger partial charge in [0.15, 0.2) is 0 Å². The van der Waals surface area contributed by atoms with E-state index in [-0.39, 0.29) is 0 Å². The Morgan fingerprint density at radius 1 is 1.36 bits per heavy atom. The summed E-state index contributed by atoms with van der Waals surface area (Å²) in [7, 11) is 0. The Bertz CT molecular complexity index is 429.